The first-order valence-electron chi connectivity index (χ1n) is 7.83. The highest BCUT2D eigenvalue weighted by molar-refractivity contribution is 5.89. The van der Waals surface area contributed by atoms with Gasteiger partial charge in [-0.05, 0) is 45.2 Å². The molecule has 0 saturated carbocycles. The average molecular weight is 320 g/mol. The summed E-state index contributed by atoms with van der Waals surface area (Å²) in [6.07, 6.45) is -0.261. The number of rotatable bonds is 2. The summed E-state index contributed by atoms with van der Waals surface area (Å²) in [7, 11) is 0. The Morgan fingerprint density at radius 1 is 1.35 bits per heavy atom. The van der Waals surface area contributed by atoms with Gasteiger partial charge in [0.05, 0.1) is 11.7 Å². The van der Waals surface area contributed by atoms with E-state index in [0.29, 0.717) is 18.5 Å². The number of para-hydroxylation sites is 1. The zero-order chi connectivity index (χ0) is 17.2. The number of carbonyl (C=O) groups is 2. The summed E-state index contributed by atoms with van der Waals surface area (Å²) >= 11 is 0. The summed E-state index contributed by atoms with van der Waals surface area (Å²) in [6.45, 7) is 7.37. The van der Waals surface area contributed by atoms with Crippen LogP contribution in [0.2, 0.25) is 0 Å². The third-order valence-electron chi connectivity index (χ3n) is 3.81. The number of hydrogen-bond acceptors (Lipinski definition) is 3. The molecule has 2 amide bonds. The molecule has 1 aliphatic heterocycles. The number of nitrogens with one attached hydrogen (secondary N) is 1. The molecule has 23 heavy (non-hydrogen) atoms. The first-order chi connectivity index (χ1) is 10.7. The van der Waals surface area contributed by atoms with Gasteiger partial charge in [-0.1, -0.05) is 25.1 Å². The predicted octanol–water partition coefficient (Wildman–Crippen LogP) is 3.92. The van der Waals surface area contributed by atoms with Crippen LogP contribution in [0.25, 0.3) is 0 Å². The Balaban J connectivity index is 2.29. The van der Waals surface area contributed by atoms with E-state index in [9.17, 15) is 14.7 Å². The summed E-state index contributed by atoms with van der Waals surface area (Å²) in [6, 6.07) is 6.82. The highest BCUT2D eigenvalue weighted by Gasteiger charge is 2.36. The fourth-order valence-corrected chi connectivity index (χ4v) is 2.90. The first kappa shape index (κ1) is 17.1. The van der Waals surface area contributed by atoms with Gasteiger partial charge in [0.1, 0.15) is 5.60 Å². The van der Waals surface area contributed by atoms with Crippen molar-refractivity contribution in [3.8, 4) is 0 Å². The third kappa shape index (κ3) is 3.94. The largest absolute Gasteiger partial charge is 0.465 e. The Hall–Kier alpha value is -2.24. The quantitative estimate of drug-likeness (QED) is 0.865. The van der Waals surface area contributed by atoms with Crippen LogP contribution in [0.15, 0.2) is 24.3 Å². The minimum atomic E-state index is -0.972. The lowest BCUT2D eigenvalue weighted by atomic mass is 9.90. The molecular weight excluding hydrogens is 296 g/mol. The Morgan fingerprint density at radius 3 is 2.57 bits per heavy atom. The molecule has 0 aliphatic carbocycles. The van der Waals surface area contributed by atoms with E-state index in [-0.39, 0.29) is 12.1 Å². The van der Waals surface area contributed by atoms with Crippen LogP contribution in [0.3, 0.4) is 0 Å². The lowest BCUT2D eigenvalue weighted by Gasteiger charge is -2.39. The Bertz CT molecular complexity index is 595. The van der Waals surface area contributed by atoms with Crippen molar-refractivity contribution in [2.75, 3.05) is 4.90 Å². The van der Waals surface area contributed by atoms with Crippen molar-refractivity contribution in [1.82, 2.24) is 5.32 Å². The summed E-state index contributed by atoms with van der Waals surface area (Å²) in [4.78, 5) is 25.1. The van der Waals surface area contributed by atoms with Crippen molar-refractivity contribution in [1.29, 1.82) is 0 Å². The Morgan fingerprint density at radius 2 is 2.00 bits per heavy atom. The number of ether oxygens (including phenoxy) is 1. The van der Waals surface area contributed by atoms with Crippen molar-refractivity contribution in [3.63, 3.8) is 0 Å². The van der Waals surface area contributed by atoms with E-state index in [1.807, 2.05) is 39.8 Å². The van der Waals surface area contributed by atoms with E-state index in [4.69, 9.17) is 4.74 Å². The monoisotopic (exact) mass is 320 g/mol. The van der Waals surface area contributed by atoms with Crippen LogP contribution in [0.4, 0.5) is 15.3 Å². The second-order valence-corrected chi connectivity index (χ2v) is 6.71. The van der Waals surface area contributed by atoms with Gasteiger partial charge in [-0.25, -0.2) is 9.59 Å². The number of hydrogen-bond donors (Lipinski definition) is 2. The Kier molecular flexibility index (Phi) is 4.82. The maximum absolute atomic E-state index is 12.1. The molecule has 2 atom stereocenters. The molecule has 6 nitrogen and oxygen atoms in total. The molecule has 0 spiro atoms. The van der Waals surface area contributed by atoms with E-state index in [1.165, 1.54) is 4.90 Å². The second-order valence-electron chi connectivity index (χ2n) is 6.71. The fraction of sp³-hybridized carbons (Fsp3) is 0.529. The number of carboxylic acid groups (broad SMARTS) is 1. The third-order valence-corrected chi connectivity index (χ3v) is 3.81. The van der Waals surface area contributed by atoms with Gasteiger partial charge in [-0.2, -0.15) is 0 Å². The van der Waals surface area contributed by atoms with Crippen molar-refractivity contribution in [2.24, 2.45) is 0 Å². The van der Waals surface area contributed by atoms with Gasteiger partial charge in [0.2, 0.25) is 0 Å². The van der Waals surface area contributed by atoms with Gasteiger partial charge in [0, 0.05) is 6.04 Å². The number of benzene rings is 1. The summed E-state index contributed by atoms with van der Waals surface area (Å²) < 4.78 is 5.32. The molecule has 2 N–H and O–H groups in total. The molecule has 126 valence electrons. The van der Waals surface area contributed by atoms with Gasteiger partial charge >= 0.3 is 12.2 Å². The number of amides is 2. The van der Waals surface area contributed by atoms with E-state index >= 15 is 0 Å². The lowest BCUT2D eigenvalue weighted by Crippen LogP contribution is -2.47. The predicted molar refractivity (Wildman–Crippen MR) is 87.8 cm³/mol. The maximum atomic E-state index is 12.1. The van der Waals surface area contributed by atoms with Crippen molar-refractivity contribution < 1.29 is 19.4 Å². The standard InChI is InChI=1S/C17H24N2O4/c1-5-11-10-13(18-15(20)23-17(2,3)4)12-8-6-7-9-14(12)19(11)16(21)22/h6-9,11,13H,5,10H2,1-4H3,(H,18,20)(H,21,22). The average Bonchev–Trinajstić information content (AvgIpc) is 2.44. The molecular formula is C17H24N2O4. The zero-order valence-corrected chi connectivity index (χ0v) is 14.0. The highest BCUT2D eigenvalue weighted by atomic mass is 16.6. The molecule has 0 radical (unpaired) electrons. The van der Waals surface area contributed by atoms with Crippen molar-refractivity contribution >= 4 is 17.9 Å². The number of fused-ring (bicyclic) bond motifs is 1. The van der Waals surface area contributed by atoms with Gasteiger partial charge < -0.3 is 15.2 Å². The Labute approximate surface area is 136 Å². The van der Waals surface area contributed by atoms with E-state index in [1.54, 1.807) is 12.1 Å². The normalized spacial score (nSPS) is 20.6. The van der Waals surface area contributed by atoms with E-state index in [0.717, 1.165) is 5.56 Å². The minimum Gasteiger partial charge on any atom is -0.465 e. The molecule has 6 heteroatoms. The van der Waals surface area contributed by atoms with Gasteiger partial charge in [-0.15, -0.1) is 0 Å². The minimum absolute atomic E-state index is 0.178. The van der Waals surface area contributed by atoms with E-state index < -0.39 is 17.8 Å². The molecule has 0 bridgehead atoms. The van der Waals surface area contributed by atoms with Crippen LogP contribution in [0, 0.1) is 0 Å². The lowest BCUT2D eigenvalue weighted by molar-refractivity contribution is 0.0497. The summed E-state index contributed by atoms with van der Waals surface area (Å²) in [5, 5.41) is 12.4. The SMILES string of the molecule is CCC1CC(NC(=O)OC(C)(C)C)c2ccccc2N1C(=O)O. The molecule has 1 heterocycles. The molecule has 1 aromatic carbocycles. The van der Waals surface area contributed by atoms with Gasteiger partial charge in [-0.3, -0.25) is 4.90 Å². The van der Waals surface area contributed by atoms with Crippen LogP contribution in [-0.4, -0.2) is 28.9 Å². The molecule has 1 aliphatic rings. The fourth-order valence-electron chi connectivity index (χ4n) is 2.90. The molecule has 2 rings (SSSR count). The number of anilines is 1. The molecule has 1 aromatic rings. The summed E-state index contributed by atoms with van der Waals surface area (Å²) in [5.41, 5.74) is 0.847. The molecule has 0 fully saturated rings. The molecule has 0 saturated heterocycles. The molecule has 2 unspecified atom stereocenters. The van der Waals surface area contributed by atoms with E-state index in [2.05, 4.69) is 5.32 Å². The maximum Gasteiger partial charge on any atom is 0.412 e. The van der Waals surface area contributed by atoms with Crippen molar-refractivity contribution in [3.05, 3.63) is 29.8 Å². The first-order valence-corrected chi connectivity index (χ1v) is 7.83. The number of alkyl carbamates (subject to hydrolysis) is 1. The number of carbonyl (C=O) groups excluding carboxylic acids is 1. The van der Waals surface area contributed by atoms with Crippen LogP contribution in [0.5, 0.6) is 0 Å². The molecule has 0 aromatic heterocycles. The zero-order valence-electron chi connectivity index (χ0n) is 14.0. The van der Waals surface area contributed by atoms with Crippen LogP contribution >= 0.6 is 0 Å². The number of nitrogens with zero attached hydrogens (tertiary/aromatic N) is 1. The summed E-state index contributed by atoms with van der Waals surface area (Å²) in [5.74, 6) is 0. The van der Waals surface area contributed by atoms with Gasteiger partial charge in [0.15, 0.2) is 0 Å². The second kappa shape index (κ2) is 6.48. The highest BCUT2D eigenvalue weighted by Crippen LogP contribution is 2.38. The van der Waals surface area contributed by atoms with Gasteiger partial charge in [0.25, 0.3) is 0 Å². The topological polar surface area (TPSA) is 78.9 Å². The van der Waals surface area contributed by atoms with Crippen LogP contribution in [-0.2, 0) is 4.74 Å². The van der Waals surface area contributed by atoms with Crippen LogP contribution in [0.1, 0.15) is 52.1 Å². The van der Waals surface area contributed by atoms with Crippen LogP contribution < -0.4 is 10.2 Å². The van der Waals surface area contributed by atoms with Crippen molar-refractivity contribution in [2.45, 2.75) is 58.2 Å². The smallest absolute Gasteiger partial charge is 0.412 e.